The second-order valence-corrected chi connectivity index (χ2v) is 4.26. The lowest BCUT2D eigenvalue weighted by Crippen LogP contribution is -2.07. The van der Waals surface area contributed by atoms with Gasteiger partial charge in [0.1, 0.15) is 0 Å². The third kappa shape index (κ3) is 1.46. The first-order valence-electron chi connectivity index (χ1n) is 5.68. The molecule has 1 aliphatic carbocycles. The van der Waals surface area contributed by atoms with Crippen molar-refractivity contribution >= 4 is 12.0 Å². The summed E-state index contributed by atoms with van der Waals surface area (Å²) in [5.41, 5.74) is 3.86. The number of carbonyl (C=O) groups is 1. The third-order valence-electron chi connectivity index (χ3n) is 3.24. The summed E-state index contributed by atoms with van der Waals surface area (Å²) in [5, 5.41) is 12.7. The Morgan fingerprint density at radius 3 is 3.00 bits per heavy atom. The van der Waals surface area contributed by atoms with Crippen molar-refractivity contribution in [3.05, 3.63) is 47.2 Å². The van der Waals surface area contributed by atoms with Crippen LogP contribution < -0.4 is 0 Å². The molecule has 0 radical (unpaired) electrons. The molecule has 2 aromatic rings. The number of hydrogen-bond acceptors (Lipinski definition) is 3. The first-order valence-corrected chi connectivity index (χ1v) is 5.68. The second-order valence-electron chi connectivity index (χ2n) is 4.26. The normalized spacial score (nSPS) is 12.7. The molecule has 0 unspecified atom stereocenters. The van der Waals surface area contributed by atoms with Crippen LogP contribution in [0.1, 0.15) is 27.2 Å². The van der Waals surface area contributed by atoms with Gasteiger partial charge in [-0.1, -0.05) is 36.0 Å². The van der Waals surface area contributed by atoms with Gasteiger partial charge >= 0.3 is 5.97 Å². The summed E-state index contributed by atoms with van der Waals surface area (Å²) >= 11 is 0. The molecule has 0 saturated heterocycles. The molecule has 0 saturated carbocycles. The van der Waals surface area contributed by atoms with E-state index in [0.29, 0.717) is 17.7 Å². The molecule has 1 N–H and O–H groups in total. The Hall–Kier alpha value is -2.36. The topological polar surface area (TPSA) is 63.3 Å². The van der Waals surface area contributed by atoms with Crippen LogP contribution in [0.5, 0.6) is 0 Å². The molecule has 1 aromatic heterocycles. The van der Waals surface area contributed by atoms with Gasteiger partial charge in [-0.2, -0.15) is 0 Å². The molecule has 1 heterocycles. The highest BCUT2D eigenvalue weighted by Crippen LogP contribution is 2.35. The molecule has 0 atom stereocenters. The molecule has 18 heavy (non-hydrogen) atoms. The van der Waals surface area contributed by atoms with Gasteiger partial charge in [-0.05, 0) is 24.0 Å². The fraction of sp³-hybridized carbons (Fsp3) is 0.143. The molecule has 0 amide bonds. The Bertz CT molecular complexity index is 655. The average molecular weight is 241 g/mol. The van der Waals surface area contributed by atoms with E-state index in [2.05, 4.69) is 11.7 Å². The van der Waals surface area contributed by atoms with E-state index in [9.17, 15) is 4.79 Å². The summed E-state index contributed by atoms with van der Waals surface area (Å²) in [7, 11) is 0. The van der Waals surface area contributed by atoms with Crippen molar-refractivity contribution in [3.63, 3.8) is 0 Å². The highest BCUT2D eigenvalue weighted by molar-refractivity contribution is 5.90. The largest absolute Gasteiger partial charge is 0.476 e. The van der Waals surface area contributed by atoms with E-state index < -0.39 is 5.97 Å². The zero-order valence-electron chi connectivity index (χ0n) is 9.64. The molecule has 0 fully saturated rings. The number of carboxylic acids is 1. The van der Waals surface area contributed by atoms with E-state index in [0.717, 1.165) is 23.1 Å². The monoisotopic (exact) mass is 241 g/mol. The predicted molar refractivity (Wildman–Crippen MR) is 66.4 cm³/mol. The highest BCUT2D eigenvalue weighted by atomic mass is 16.5. The van der Waals surface area contributed by atoms with Gasteiger partial charge in [0.25, 0.3) is 0 Å². The quantitative estimate of drug-likeness (QED) is 0.878. The average Bonchev–Trinajstić information content (AvgIpc) is 2.82. The van der Waals surface area contributed by atoms with Crippen LogP contribution in [0.3, 0.4) is 0 Å². The minimum atomic E-state index is -1.04. The summed E-state index contributed by atoms with van der Waals surface area (Å²) in [6, 6.07) is 5.92. The van der Waals surface area contributed by atoms with Gasteiger partial charge < -0.3 is 9.63 Å². The number of carboxylic acid groups (broad SMARTS) is 1. The van der Waals surface area contributed by atoms with E-state index in [1.54, 1.807) is 6.08 Å². The van der Waals surface area contributed by atoms with Crippen LogP contribution in [0.15, 0.2) is 29.3 Å². The summed E-state index contributed by atoms with van der Waals surface area (Å²) < 4.78 is 5.19. The zero-order chi connectivity index (χ0) is 12.7. The van der Waals surface area contributed by atoms with E-state index >= 15 is 0 Å². The molecule has 3 rings (SSSR count). The predicted octanol–water partition coefficient (Wildman–Crippen LogP) is 2.78. The third-order valence-corrected chi connectivity index (χ3v) is 3.24. The summed E-state index contributed by atoms with van der Waals surface area (Å²) in [5.74, 6) is -0.449. The van der Waals surface area contributed by atoms with E-state index in [4.69, 9.17) is 9.63 Å². The van der Waals surface area contributed by atoms with Gasteiger partial charge in [0, 0.05) is 11.1 Å². The van der Waals surface area contributed by atoms with E-state index in [1.165, 1.54) is 0 Å². The second kappa shape index (κ2) is 3.84. The smallest absolute Gasteiger partial charge is 0.358 e. The Balaban J connectivity index is 2.18. The summed E-state index contributed by atoms with van der Waals surface area (Å²) in [6.07, 6.45) is 3.23. The van der Waals surface area contributed by atoms with Crippen molar-refractivity contribution < 1.29 is 14.4 Å². The summed E-state index contributed by atoms with van der Waals surface area (Å²) in [6.45, 7) is 3.74. The maximum atomic E-state index is 11.0. The lowest BCUT2D eigenvalue weighted by atomic mass is 9.88. The Kier molecular flexibility index (Phi) is 2.30. The molecule has 1 aromatic carbocycles. The van der Waals surface area contributed by atoms with Crippen molar-refractivity contribution in [1.82, 2.24) is 5.16 Å². The fourth-order valence-corrected chi connectivity index (χ4v) is 2.35. The van der Waals surface area contributed by atoms with Crippen LogP contribution in [0.2, 0.25) is 0 Å². The van der Waals surface area contributed by atoms with Crippen molar-refractivity contribution in [2.24, 2.45) is 0 Å². The maximum absolute atomic E-state index is 11.0. The van der Waals surface area contributed by atoms with Crippen LogP contribution in [-0.2, 0) is 12.8 Å². The zero-order valence-corrected chi connectivity index (χ0v) is 9.64. The SMILES string of the molecule is C=Cc1ccc2c(c1)CCc1c(C(=O)O)noc1-2. The molecular formula is C14H11NO3. The molecule has 90 valence electrons. The van der Waals surface area contributed by atoms with E-state index in [-0.39, 0.29) is 5.69 Å². The lowest BCUT2D eigenvalue weighted by molar-refractivity contribution is 0.0685. The number of rotatable bonds is 2. The molecular weight excluding hydrogens is 230 g/mol. The molecule has 0 aliphatic heterocycles. The molecule has 4 heteroatoms. The number of hydrogen-bond donors (Lipinski definition) is 1. The molecule has 0 spiro atoms. The van der Waals surface area contributed by atoms with Crippen LogP contribution in [-0.4, -0.2) is 16.2 Å². The van der Waals surface area contributed by atoms with Crippen LogP contribution in [0.25, 0.3) is 17.4 Å². The van der Waals surface area contributed by atoms with Crippen molar-refractivity contribution in [1.29, 1.82) is 0 Å². The highest BCUT2D eigenvalue weighted by Gasteiger charge is 2.27. The Labute approximate surface area is 104 Å². The van der Waals surface area contributed by atoms with Crippen LogP contribution >= 0.6 is 0 Å². The van der Waals surface area contributed by atoms with Gasteiger partial charge in [-0.3, -0.25) is 0 Å². The molecule has 4 nitrogen and oxygen atoms in total. The van der Waals surface area contributed by atoms with Gasteiger partial charge in [-0.15, -0.1) is 0 Å². The Morgan fingerprint density at radius 2 is 2.28 bits per heavy atom. The van der Waals surface area contributed by atoms with Crippen LogP contribution in [0, 0.1) is 0 Å². The number of aromatic nitrogens is 1. The fourth-order valence-electron chi connectivity index (χ4n) is 2.35. The van der Waals surface area contributed by atoms with Crippen molar-refractivity contribution in [3.8, 4) is 11.3 Å². The number of nitrogens with zero attached hydrogens (tertiary/aromatic N) is 1. The molecule has 0 bridgehead atoms. The minimum absolute atomic E-state index is 0.0310. The number of fused-ring (bicyclic) bond motifs is 3. The number of aromatic carboxylic acids is 1. The lowest BCUT2D eigenvalue weighted by Gasteiger charge is -2.14. The molecule has 1 aliphatic rings. The van der Waals surface area contributed by atoms with Crippen molar-refractivity contribution in [2.75, 3.05) is 0 Å². The summed E-state index contributed by atoms with van der Waals surface area (Å²) in [4.78, 5) is 11.0. The van der Waals surface area contributed by atoms with Crippen molar-refractivity contribution in [2.45, 2.75) is 12.8 Å². The first kappa shape index (κ1) is 10.8. The standard InChI is InChI=1S/C14H11NO3/c1-2-8-3-5-10-9(7-8)4-6-11-12(14(16)17)15-18-13(10)11/h2-3,5,7H,1,4,6H2,(H,16,17). The minimum Gasteiger partial charge on any atom is -0.476 e. The van der Waals surface area contributed by atoms with Gasteiger partial charge in [-0.25, -0.2) is 4.79 Å². The van der Waals surface area contributed by atoms with Gasteiger partial charge in [0.05, 0.1) is 0 Å². The number of aryl methyl sites for hydroxylation is 1. The first-order chi connectivity index (χ1) is 8.70. The number of benzene rings is 1. The van der Waals surface area contributed by atoms with Crippen LogP contribution in [0.4, 0.5) is 0 Å². The Morgan fingerprint density at radius 1 is 1.44 bits per heavy atom. The maximum Gasteiger partial charge on any atom is 0.358 e. The van der Waals surface area contributed by atoms with Gasteiger partial charge in [0.15, 0.2) is 11.5 Å². The van der Waals surface area contributed by atoms with E-state index in [1.807, 2.05) is 18.2 Å². The van der Waals surface area contributed by atoms with Gasteiger partial charge in [0.2, 0.25) is 0 Å².